The molecule has 1 aliphatic carbocycles. The monoisotopic (exact) mass is 419 g/mol. The first-order valence-electron chi connectivity index (χ1n) is 12.0. The Balaban J connectivity index is 1.59. The summed E-state index contributed by atoms with van der Waals surface area (Å²) < 4.78 is 6.41. The predicted octanol–water partition coefficient (Wildman–Crippen LogP) is 8.66. The van der Waals surface area contributed by atoms with Crippen molar-refractivity contribution in [1.82, 2.24) is 4.98 Å². The van der Waals surface area contributed by atoms with Crippen molar-refractivity contribution in [2.24, 2.45) is 5.92 Å². The highest BCUT2D eigenvalue weighted by Gasteiger charge is 2.20. The van der Waals surface area contributed by atoms with Gasteiger partial charge < -0.3 is 4.42 Å². The van der Waals surface area contributed by atoms with Gasteiger partial charge in [0.1, 0.15) is 11.2 Å². The zero-order chi connectivity index (χ0) is 21.7. The minimum atomic E-state index is 0.591. The molecule has 0 aliphatic heterocycles. The Morgan fingerprint density at radius 1 is 0.906 bits per heavy atom. The maximum atomic E-state index is 6.41. The van der Waals surface area contributed by atoms with Crippen LogP contribution >= 0.6 is 0 Å². The lowest BCUT2D eigenvalue weighted by molar-refractivity contribution is 0.646. The van der Waals surface area contributed by atoms with E-state index in [1.54, 1.807) is 0 Å². The molecule has 0 saturated heterocycles. The standard InChI is InChI=1S/C30H29NO/c1-19(2)15-20-16-26-25-9-5-6-10-28(25)32-30(26)27(17-20)29-24-12-11-22(21-7-3-4-8-21)18-23(24)13-14-31-29/h5-6,9-14,16-19,21H,3-4,7-8,15H2,1-2H3. The fraction of sp³-hybridized carbons (Fsp3) is 0.300. The van der Waals surface area contributed by atoms with Gasteiger partial charge in [-0.15, -0.1) is 0 Å². The van der Waals surface area contributed by atoms with Crippen molar-refractivity contribution in [3.05, 3.63) is 78.0 Å². The van der Waals surface area contributed by atoms with Gasteiger partial charge in [-0.25, -0.2) is 0 Å². The minimum absolute atomic E-state index is 0.591. The summed E-state index contributed by atoms with van der Waals surface area (Å²) in [5, 5.41) is 4.85. The summed E-state index contributed by atoms with van der Waals surface area (Å²) in [4.78, 5) is 4.88. The minimum Gasteiger partial charge on any atom is -0.455 e. The van der Waals surface area contributed by atoms with E-state index in [4.69, 9.17) is 9.40 Å². The molecular formula is C30H29NO. The quantitative estimate of drug-likeness (QED) is 0.291. The summed E-state index contributed by atoms with van der Waals surface area (Å²) in [5.41, 5.74) is 6.83. The first kappa shape index (κ1) is 19.5. The van der Waals surface area contributed by atoms with E-state index in [0.29, 0.717) is 11.8 Å². The summed E-state index contributed by atoms with van der Waals surface area (Å²) in [7, 11) is 0. The van der Waals surface area contributed by atoms with Crippen molar-refractivity contribution in [1.29, 1.82) is 0 Å². The topological polar surface area (TPSA) is 26.0 Å². The van der Waals surface area contributed by atoms with E-state index >= 15 is 0 Å². The molecule has 1 fully saturated rings. The molecule has 0 spiro atoms. The molecule has 5 aromatic rings. The van der Waals surface area contributed by atoms with Crippen LogP contribution in [0.2, 0.25) is 0 Å². The Labute approximate surface area is 189 Å². The van der Waals surface area contributed by atoms with Gasteiger partial charge in [0.2, 0.25) is 0 Å². The van der Waals surface area contributed by atoms with Gasteiger partial charge in [-0.2, -0.15) is 0 Å². The van der Waals surface area contributed by atoms with Crippen molar-refractivity contribution in [2.75, 3.05) is 0 Å². The van der Waals surface area contributed by atoms with E-state index in [2.05, 4.69) is 68.4 Å². The molecule has 1 aliphatic rings. The molecule has 0 bridgehead atoms. The third kappa shape index (κ3) is 3.30. The lowest BCUT2D eigenvalue weighted by Gasteiger charge is -2.13. The number of aromatic nitrogens is 1. The molecule has 1 saturated carbocycles. The molecule has 32 heavy (non-hydrogen) atoms. The van der Waals surface area contributed by atoms with Crippen LogP contribution in [0.5, 0.6) is 0 Å². The van der Waals surface area contributed by atoms with E-state index in [1.165, 1.54) is 58.4 Å². The summed E-state index contributed by atoms with van der Waals surface area (Å²) >= 11 is 0. The Morgan fingerprint density at radius 3 is 2.59 bits per heavy atom. The molecule has 0 atom stereocenters. The largest absolute Gasteiger partial charge is 0.455 e. The molecule has 2 heterocycles. The zero-order valence-corrected chi connectivity index (χ0v) is 18.9. The van der Waals surface area contributed by atoms with Gasteiger partial charge >= 0.3 is 0 Å². The molecule has 2 aromatic heterocycles. The molecule has 0 amide bonds. The molecular weight excluding hydrogens is 390 g/mol. The fourth-order valence-electron chi connectivity index (χ4n) is 5.58. The smallest absolute Gasteiger partial charge is 0.144 e. The maximum absolute atomic E-state index is 6.41. The van der Waals surface area contributed by atoms with Crippen LogP contribution in [-0.4, -0.2) is 4.98 Å². The lowest BCUT2D eigenvalue weighted by atomic mass is 9.92. The first-order chi connectivity index (χ1) is 15.7. The normalized spacial score (nSPS) is 15.0. The number of nitrogens with zero attached hydrogens (tertiary/aromatic N) is 1. The average Bonchev–Trinajstić information content (AvgIpc) is 3.46. The Bertz CT molecular complexity index is 1440. The van der Waals surface area contributed by atoms with Gasteiger partial charge in [-0.3, -0.25) is 4.98 Å². The van der Waals surface area contributed by atoms with E-state index in [9.17, 15) is 0 Å². The zero-order valence-electron chi connectivity index (χ0n) is 18.9. The van der Waals surface area contributed by atoms with Gasteiger partial charge in [0.05, 0.1) is 5.69 Å². The Hall–Kier alpha value is -3.13. The molecule has 6 rings (SSSR count). The van der Waals surface area contributed by atoms with Crippen molar-refractivity contribution in [3.63, 3.8) is 0 Å². The van der Waals surface area contributed by atoms with Crippen LogP contribution in [0, 0.1) is 5.92 Å². The van der Waals surface area contributed by atoms with Crippen LogP contribution in [0.4, 0.5) is 0 Å². The number of hydrogen-bond donors (Lipinski definition) is 0. The Kier molecular flexibility index (Phi) is 4.75. The van der Waals surface area contributed by atoms with Crippen molar-refractivity contribution in [2.45, 2.75) is 51.9 Å². The average molecular weight is 420 g/mol. The van der Waals surface area contributed by atoms with Crippen molar-refractivity contribution >= 4 is 32.7 Å². The van der Waals surface area contributed by atoms with E-state index in [-0.39, 0.29) is 0 Å². The number of hydrogen-bond acceptors (Lipinski definition) is 2. The van der Waals surface area contributed by atoms with Gasteiger partial charge in [-0.05, 0) is 71.9 Å². The van der Waals surface area contributed by atoms with Crippen molar-refractivity contribution < 1.29 is 4.42 Å². The van der Waals surface area contributed by atoms with Crippen LogP contribution in [0.15, 0.2) is 71.3 Å². The molecule has 0 unspecified atom stereocenters. The highest BCUT2D eigenvalue weighted by molar-refractivity contribution is 6.11. The second-order valence-electron chi connectivity index (χ2n) is 9.84. The molecule has 3 aromatic carbocycles. The van der Waals surface area contributed by atoms with Crippen LogP contribution in [0.25, 0.3) is 44.0 Å². The predicted molar refractivity (Wildman–Crippen MR) is 134 cm³/mol. The first-order valence-corrected chi connectivity index (χ1v) is 12.0. The molecule has 0 radical (unpaired) electrons. The van der Waals surface area contributed by atoms with Crippen LogP contribution in [0.1, 0.15) is 56.6 Å². The summed E-state index contributed by atoms with van der Waals surface area (Å²) in [5.74, 6) is 1.31. The maximum Gasteiger partial charge on any atom is 0.144 e. The SMILES string of the molecule is CC(C)Cc1cc(-c2nccc3cc(C4CCCC4)ccc23)c2oc3ccccc3c2c1. The summed E-state index contributed by atoms with van der Waals surface area (Å²) in [6.07, 6.45) is 8.35. The van der Waals surface area contributed by atoms with E-state index in [1.807, 2.05) is 12.3 Å². The Morgan fingerprint density at radius 2 is 1.75 bits per heavy atom. The van der Waals surface area contributed by atoms with Gasteiger partial charge in [0.25, 0.3) is 0 Å². The second kappa shape index (κ2) is 7.78. The van der Waals surface area contributed by atoms with Gasteiger partial charge in [-0.1, -0.05) is 63.1 Å². The van der Waals surface area contributed by atoms with Crippen LogP contribution in [-0.2, 0) is 6.42 Å². The van der Waals surface area contributed by atoms with Crippen molar-refractivity contribution in [3.8, 4) is 11.3 Å². The summed E-state index contributed by atoms with van der Waals surface area (Å²) in [6, 6.07) is 22.1. The third-order valence-corrected chi connectivity index (χ3v) is 7.05. The number of fused-ring (bicyclic) bond motifs is 4. The van der Waals surface area contributed by atoms with Crippen LogP contribution < -0.4 is 0 Å². The van der Waals surface area contributed by atoms with Gasteiger partial charge in [0, 0.05) is 27.9 Å². The number of pyridine rings is 1. The van der Waals surface area contributed by atoms with E-state index < -0.39 is 0 Å². The number of furan rings is 1. The highest BCUT2D eigenvalue weighted by Crippen LogP contribution is 2.40. The van der Waals surface area contributed by atoms with Crippen LogP contribution in [0.3, 0.4) is 0 Å². The fourth-order valence-corrected chi connectivity index (χ4v) is 5.58. The molecule has 2 heteroatoms. The highest BCUT2D eigenvalue weighted by atomic mass is 16.3. The molecule has 0 N–H and O–H groups in total. The number of rotatable bonds is 4. The second-order valence-corrected chi connectivity index (χ2v) is 9.84. The third-order valence-electron chi connectivity index (χ3n) is 7.05. The number of benzene rings is 3. The number of para-hydroxylation sites is 1. The molecule has 2 nitrogen and oxygen atoms in total. The summed E-state index contributed by atoms with van der Waals surface area (Å²) in [6.45, 7) is 4.55. The van der Waals surface area contributed by atoms with Gasteiger partial charge in [0.15, 0.2) is 0 Å². The molecule has 160 valence electrons. The van der Waals surface area contributed by atoms with E-state index in [0.717, 1.165) is 28.8 Å². The lowest BCUT2D eigenvalue weighted by Crippen LogP contribution is -1.96.